The molecule has 5 nitrogen and oxygen atoms in total. The van der Waals surface area contributed by atoms with Crippen LogP contribution in [0.25, 0.3) is 21.7 Å². The van der Waals surface area contributed by atoms with Gasteiger partial charge in [0.25, 0.3) is 5.91 Å². The summed E-state index contributed by atoms with van der Waals surface area (Å²) in [6.45, 7) is 1.88. The lowest BCUT2D eigenvalue weighted by atomic mass is 10.1. The van der Waals surface area contributed by atoms with Crippen molar-refractivity contribution >= 4 is 33.8 Å². The molecule has 0 bridgehead atoms. The van der Waals surface area contributed by atoms with Crippen LogP contribution < -0.4 is 10.2 Å². The van der Waals surface area contributed by atoms with Gasteiger partial charge in [-0.3, -0.25) is 4.79 Å². The third-order valence-corrected chi connectivity index (χ3v) is 4.42. The number of ether oxygens (including phenoxy) is 1. The highest BCUT2D eigenvalue weighted by Gasteiger charge is 2.06. The van der Waals surface area contributed by atoms with E-state index in [1.807, 2.05) is 73.7 Å². The quantitative estimate of drug-likeness (QED) is 0.416. The number of H-pyrrole nitrogens is 1. The largest absolute Gasteiger partial charge is 0.484 e. The molecular formula is C22H19N3O2. The maximum Gasteiger partial charge on any atom is 0.277 e. The number of aromatic nitrogens is 1. The Hall–Kier alpha value is -3.60. The number of fused-ring (bicyclic) bond motifs is 2. The van der Waals surface area contributed by atoms with Crippen molar-refractivity contribution in [3.8, 4) is 5.75 Å². The molecule has 0 saturated carbocycles. The first-order valence-electron chi connectivity index (χ1n) is 8.71. The van der Waals surface area contributed by atoms with Gasteiger partial charge in [0.05, 0.1) is 6.21 Å². The molecule has 0 spiro atoms. The van der Waals surface area contributed by atoms with E-state index in [0.717, 1.165) is 32.9 Å². The van der Waals surface area contributed by atoms with Gasteiger partial charge in [0.2, 0.25) is 0 Å². The van der Waals surface area contributed by atoms with Crippen LogP contribution in [-0.4, -0.2) is 23.7 Å². The topological polar surface area (TPSA) is 66.5 Å². The molecule has 27 heavy (non-hydrogen) atoms. The zero-order chi connectivity index (χ0) is 18.6. The SMILES string of the molecule is Cc1[nH]c2ccccc2c1/C=N/NC(=O)COc1ccc2ccccc2c1. The molecule has 1 aromatic heterocycles. The van der Waals surface area contributed by atoms with Gasteiger partial charge in [0, 0.05) is 22.2 Å². The van der Waals surface area contributed by atoms with E-state index in [0.29, 0.717) is 5.75 Å². The lowest BCUT2D eigenvalue weighted by Gasteiger charge is -2.06. The van der Waals surface area contributed by atoms with Crippen LogP contribution in [0.3, 0.4) is 0 Å². The van der Waals surface area contributed by atoms with Crippen molar-refractivity contribution in [2.75, 3.05) is 6.61 Å². The summed E-state index contributed by atoms with van der Waals surface area (Å²) >= 11 is 0. The molecule has 0 aliphatic rings. The van der Waals surface area contributed by atoms with Crippen LogP contribution in [0.2, 0.25) is 0 Å². The summed E-state index contributed by atoms with van der Waals surface area (Å²) in [5, 5.41) is 7.34. The first kappa shape index (κ1) is 16.8. The average Bonchev–Trinajstić information content (AvgIpc) is 3.01. The highest BCUT2D eigenvalue weighted by atomic mass is 16.5. The number of nitrogens with zero attached hydrogens (tertiary/aromatic N) is 1. The number of rotatable bonds is 5. The fraction of sp³-hybridized carbons (Fsp3) is 0.0909. The Morgan fingerprint density at radius 1 is 1.07 bits per heavy atom. The van der Waals surface area contributed by atoms with Gasteiger partial charge in [-0.25, -0.2) is 5.43 Å². The summed E-state index contributed by atoms with van der Waals surface area (Å²) < 4.78 is 5.57. The number of hydrogen-bond donors (Lipinski definition) is 2. The fourth-order valence-electron chi connectivity index (χ4n) is 3.07. The molecule has 0 radical (unpaired) electrons. The number of hydrogen-bond acceptors (Lipinski definition) is 3. The molecule has 5 heteroatoms. The highest BCUT2D eigenvalue weighted by Crippen LogP contribution is 2.21. The van der Waals surface area contributed by atoms with Crippen molar-refractivity contribution in [2.24, 2.45) is 5.10 Å². The van der Waals surface area contributed by atoms with Crippen molar-refractivity contribution in [2.45, 2.75) is 6.92 Å². The number of carbonyl (C=O) groups excluding carboxylic acids is 1. The van der Waals surface area contributed by atoms with Crippen molar-refractivity contribution < 1.29 is 9.53 Å². The van der Waals surface area contributed by atoms with Crippen LogP contribution in [0.15, 0.2) is 71.8 Å². The minimum atomic E-state index is -0.308. The molecule has 4 aromatic rings. The Kier molecular flexibility index (Phi) is 4.58. The van der Waals surface area contributed by atoms with Gasteiger partial charge in [-0.2, -0.15) is 5.10 Å². The summed E-state index contributed by atoms with van der Waals surface area (Å²) in [5.41, 5.74) is 5.52. The van der Waals surface area contributed by atoms with Gasteiger partial charge in [0.1, 0.15) is 5.75 Å². The Bertz CT molecular complexity index is 1140. The summed E-state index contributed by atoms with van der Waals surface area (Å²) in [6.07, 6.45) is 1.65. The molecule has 3 aromatic carbocycles. The molecule has 1 amide bonds. The van der Waals surface area contributed by atoms with Crippen LogP contribution in [0.4, 0.5) is 0 Å². The number of carbonyl (C=O) groups is 1. The van der Waals surface area contributed by atoms with E-state index in [9.17, 15) is 4.79 Å². The summed E-state index contributed by atoms with van der Waals surface area (Å²) in [7, 11) is 0. The number of amides is 1. The van der Waals surface area contributed by atoms with E-state index in [1.54, 1.807) is 6.21 Å². The van der Waals surface area contributed by atoms with Gasteiger partial charge in [-0.1, -0.05) is 48.5 Å². The molecule has 4 rings (SSSR count). The second-order valence-electron chi connectivity index (χ2n) is 6.30. The third-order valence-electron chi connectivity index (χ3n) is 4.42. The smallest absolute Gasteiger partial charge is 0.277 e. The molecule has 2 N–H and O–H groups in total. The van der Waals surface area contributed by atoms with Crippen molar-refractivity contribution in [1.82, 2.24) is 10.4 Å². The molecular weight excluding hydrogens is 338 g/mol. The van der Waals surface area contributed by atoms with Crippen LogP contribution in [0.5, 0.6) is 5.75 Å². The van der Waals surface area contributed by atoms with E-state index in [-0.39, 0.29) is 12.5 Å². The van der Waals surface area contributed by atoms with E-state index in [1.165, 1.54) is 0 Å². The second kappa shape index (κ2) is 7.33. The van der Waals surface area contributed by atoms with Crippen LogP contribution >= 0.6 is 0 Å². The van der Waals surface area contributed by atoms with Gasteiger partial charge >= 0.3 is 0 Å². The Morgan fingerprint density at radius 2 is 1.85 bits per heavy atom. The molecule has 0 aliphatic carbocycles. The lowest BCUT2D eigenvalue weighted by molar-refractivity contribution is -0.123. The predicted molar refractivity (Wildman–Crippen MR) is 108 cm³/mol. The van der Waals surface area contributed by atoms with Crippen LogP contribution in [0.1, 0.15) is 11.3 Å². The van der Waals surface area contributed by atoms with Crippen molar-refractivity contribution in [3.63, 3.8) is 0 Å². The normalized spacial score (nSPS) is 11.3. The average molecular weight is 357 g/mol. The fourth-order valence-corrected chi connectivity index (χ4v) is 3.07. The lowest BCUT2D eigenvalue weighted by Crippen LogP contribution is -2.24. The van der Waals surface area contributed by atoms with Gasteiger partial charge in [-0.15, -0.1) is 0 Å². The second-order valence-corrected chi connectivity index (χ2v) is 6.30. The van der Waals surface area contributed by atoms with E-state index >= 15 is 0 Å². The van der Waals surface area contributed by atoms with E-state index in [4.69, 9.17) is 4.74 Å². The molecule has 134 valence electrons. The predicted octanol–water partition coefficient (Wildman–Crippen LogP) is 4.16. The van der Waals surface area contributed by atoms with Crippen LogP contribution in [0, 0.1) is 6.92 Å². The van der Waals surface area contributed by atoms with Crippen molar-refractivity contribution in [1.29, 1.82) is 0 Å². The summed E-state index contributed by atoms with van der Waals surface area (Å²) in [4.78, 5) is 15.3. The number of nitrogens with one attached hydrogen (secondary N) is 2. The first-order chi connectivity index (χ1) is 13.2. The summed E-state index contributed by atoms with van der Waals surface area (Å²) in [6, 6.07) is 21.7. The molecule has 0 saturated heterocycles. The maximum atomic E-state index is 12.0. The number of aromatic amines is 1. The maximum absolute atomic E-state index is 12.0. The zero-order valence-electron chi connectivity index (χ0n) is 14.9. The third kappa shape index (κ3) is 3.67. The molecule has 0 fully saturated rings. The number of aryl methyl sites for hydroxylation is 1. The van der Waals surface area contributed by atoms with E-state index < -0.39 is 0 Å². The molecule has 0 aliphatic heterocycles. The van der Waals surface area contributed by atoms with E-state index in [2.05, 4.69) is 15.5 Å². The number of benzene rings is 3. The first-order valence-corrected chi connectivity index (χ1v) is 8.71. The molecule has 0 atom stereocenters. The molecule has 0 unspecified atom stereocenters. The number of hydrazone groups is 1. The Balaban J connectivity index is 1.37. The molecule has 1 heterocycles. The van der Waals surface area contributed by atoms with Gasteiger partial charge in [0.15, 0.2) is 6.61 Å². The zero-order valence-corrected chi connectivity index (χ0v) is 14.9. The van der Waals surface area contributed by atoms with Gasteiger partial charge < -0.3 is 9.72 Å². The monoisotopic (exact) mass is 357 g/mol. The number of para-hydroxylation sites is 1. The van der Waals surface area contributed by atoms with Crippen LogP contribution in [-0.2, 0) is 4.79 Å². The standard InChI is InChI=1S/C22H19N3O2/c1-15-20(19-8-4-5-9-21(19)24-15)13-23-25-22(26)14-27-18-11-10-16-6-2-3-7-17(16)12-18/h2-13,24H,14H2,1H3,(H,25,26)/b23-13+. The Morgan fingerprint density at radius 3 is 2.74 bits per heavy atom. The Labute approximate surface area is 156 Å². The highest BCUT2D eigenvalue weighted by molar-refractivity contribution is 6.00. The van der Waals surface area contributed by atoms with Crippen molar-refractivity contribution in [3.05, 3.63) is 78.0 Å². The minimum Gasteiger partial charge on any atom is -0.484 e. The van der Waals surface area contributed by atoms with Gasteiger partial charge in [-0.05, 0) is 35.9 Å². The summed E-state index contributed by atoms with van der Waals surface area (Å²) in [5.74, 6) is 0.345. The minimum absolute atomic E-state index is 0.0947.